The predicted octanol–water partition coefficient (Wildman–Crippen LogP) is 5.87. The van der Waals surface area contributed by atoms with Crippen molar-refractivity contribution < 1.29 is 14.3 Å². The summed E-state index contributed by atoms with van der Waals surface area (Å²) >= 11 is 0. The van der Waals surface area contributed by atoms with Crippen LogP contribution >= 0.6 is 0 Å². The van der Waals surface area contributed by atoms with Crippen molar-refractivity contribution in [1.29, 1.82) is 0 Å². The van der Waals surface area contributed by atoms with Crippen LogP contribution in [0.15, 0.2) is 36.5 Å². The molecule has 6 nitrogen and oxygen atoms in total. The van der Waals surface area contributed by atoms with Gasteiger partial charge in [-0.2, -0.15) is 5.10 Å². The lowest BCUT2D eigenvalue weighted by molar-refractivity contribution is 0.0793. The van der Waals surface area contributed by atoms with Crippen LogP contribution in [-0.4, -0.2) is 25.8 Å². The Morgan fingerprint density at radius 3 is 2.48 bits per heavy atom. The lowest BCUT2D eigenvalue weighted by atomic mass is 9.87. The number of nitrogens with zero attached hydrogens (tertiary/aromatic N) is 3. The van der Waals surface area contributed by atoms with Crippen LogP contribution in [0.2, 0.25) is 0 Å². The molecule has 0 saturated heterocycles. The molecule has 3 aromatic rings. The quantitative estimate of drug-likeness (QED) is 0.508. The van der Waals surface area contributed by atoms with Gasteiger partial charge in [-0.05, 0) is 83.6 Å². The molecule has 1 amide bonds. The van der Waals surface area contributed by atoms with E-state index < -0.39 is 17.2 Å². The number of amides is 1. The zero-order valence-electron chi connectivity index (χ0n) is 20.0. The molecule has 0 aliphatic heterocycles. The number of benzene rings is 1. The maximum absolute atomic E-state index is 14.3. The summed E-state index contributed by atoms with van der Waals surface area (Å²) in [5.74, 6) is 0.296. The number of halogens is 1. The zero-order valence-corrected chi connectivity index (χ0v) is 20.0. The molecule has 1 aliphatic rings. The number of pyridine rings is 1. The van der Waals surface area contributed by atoms with E-state index in [1.807, 2.05) is 23.0 Å². The van der Waals surface area contributed by atoms with Crippen LogP contribution in [0.25, 0.3) is 10.9 Å². The Bertz CT molecular complexity index is 1170. The Labute approximate surface area is 194 Å². The minimum absolute atomic E-state index is 0.118. The number of hydrogen-bond donors (Lipinski definition) is 2. The van der Waals surface area contributed by atoms with E-state index in [1.54, 1.807) is 32.0 Å². The summed E-state index contributed by atoms with van der Waals surface area (Å²) in [4.78, 5) is 17.2. The number of aromatic nitrogens is 3. The summed E-state index contributed by atoms with van der Waals surface area (Å²) in [6.07, 6.45) is 6.61. The molecule has 4 rings (SSSR count). The predicted molar refractivity (Wildman–Crippen MR) is 128 cm³/mol. The Morgan fingerprint density at radius 1 is 1.15 bits per heavy atom. The van der Waals surface area contributed by atoms with Crippen LogP contribution in [0.5, 0.6) is 0 Å². The largest absolute Gasteiger partial charge is 0.386 e. The molecular weight excluding hydrogens is 419 g/mol. The molecule has 176 valence electrons. The minimum Gasteiger partial charge on any atom is -0.386 e. The molecule has 33 heavy (non-hydrogen) atoms. The van der Waals surface area contributed by atoms with E-state index in [0.717, 1.165) is 29.7 Å². The van der Waals surface area contributed by atoms with Gasteiger partial charge in [0.25, 0.3) is 5.91 Å². The first-order valence-corrected chi connectivity index (χ1v) is 11.7. The molecular formula is C26H33FN4O2. The summed E-state index contributed by atoms with van der Waals surface area (Å²) in [5, 5.41) is 19.4. The summed E-state index contributed by atoms with van der Waals surface area (Å²) in [6.45, 7) is 8.45. The summed E-state index contributed by atoms with van der Waals surface area (Å²) in [6, 6.07) is 8.78. The van der Waals surface area contributed by atoms with Gasteiger partial charge < -0.3 is 10.4 Å². The number of anilines is 1. The number of fused-ring (bicyclic) bond motifs is 1. The van der Waals surface area contributed by atoms with Gasteiger partial charge in [0.15, 0.2) is 0 Å². The Hall–Kier alpha value is -2.80. The topological polar surface area (TPSA) is 80.0 Å². The fourth-order valence-electron chi connectivity index (χ4n) is 4.47. The highest BCUT2D eigenvalue weighted by Crippen LogP contribution is 2.35. The van der Waals surface area contributed by atoms with E-state index in [1.165, 1.54) is 26.7 Å². The van der Waals surface area contributed by atoms with Crippen LogP contribution in [0.1, 0.15) is 88.1 Å². The van der Waals surface area contributed by atoms with Crippen molar-refractivity contribution in [3.63, 3.8) is 0 Å². The Morgan fingerprint density at radius 2 is 1.85 bits per heavy atom. The smallest absolute Gasteiger partial charge is 0.274 e. The number of nitrogens with one attached hydrogen (secondary N) is 1. The first kappa shape index (κ1) is 23.4. The van der Waals surface area contributed by atoms with Gasteiger partial charge >= 0.3 is 0 Å². The van der Waals surface area contributed by atoms with Gasteiger partial charge in [0.2, 0.25) is 0 Å². The molecule has 0 bridgehead atoms. The van der Waals surface area contributed by atoms with Crippen LogP contribution in [0.3, 0.4) is 0 Å². The van der Waals surface area contributed by atoms with Crippen molar-refractivity contribution in [3.05, 3.63) is 53.5 Å². The third-order valence-electron chi connectivity index (χ3n) is 6.52. The first-order valence-electron chi connectivity index (χ1n) is 11.7. The van der Waals surface area contributed by atoms with E-state index in [-0.39, 0.29) is 11.4 Å². The third-order valence-corrected chi connectivity index (χ3v) is 6.52. The molecule has 0 spiro atoms. The van der Waals surface area contributed by atoms with Crippen LogP contribution in [-0.2, 0) is 11.3 Å². The molecule has 7 heteroatoms. The molecule has 1 saturated carbocycles. The lowest BCUT2D eigenvalue weighted by Gasteiger charge is -2.26. The highest BCUT2D eigenvalue weighted by atomic mass is 19.1. The number of alkyl halides is 1. The minimum atomic E-state index is -1.65. The normalized spacial score (nSPS) is 19.6. The number of aliphatic hydroxyl groups is 1. The summed E-state index contributed by atoms with van der Waals surface area (Å²) < 4.78 is 16.4. The number of carbonyl (C=O) groups is 1. The lowest BCUT2D eigenvalue weighted by Crippen LogP contribution is -2.22. The fraction of sp³-hybridized carbons (Fsp3) is 0.500. The summed E-state index contributed by atoms with van der Waals surface area (Å²) in [5.41, 5.74) is -0.710. The molecule has 1 aromatic carbocycles. The van der Waals surface area contributed by atoms with Crippen molar-refractivity contribution in [2.75, 3.05) is 5.32 Å². The SMILES string of the molecule is CC1CCC(n2cc3cc(NC(=O)c4cccc(C(C)(C)F)n4)c(C(C)(C)O)cc3n2)CC1. The Kier molecular flexibility index (Phi) is 6.03. The van der Waals surface area contributed by atoms with E-state index >= 15 is 0 Å². The molecule has 2 heterocycles. The van der Waals surface area contributed by atoms with Gasteiger partial charge in [0, 0.05) is 22.8 Å². The van der Waals surface area contributed by atoms with Crippen molar-refractivity contribution in [3.8, 4) is 0 Å². The van der Waals surface area contributed by atoms with Crippen LogP contribution in [0.4, 0.5) is 10.1 Å². The second-order valence-electron chi connectivity index (χ2n) is 10.4. The molecule has 0 radical (unpaired) electrons. The summed E-state index contributed by atoms with van der Waals surface area (Å²) in [7, 11) is 0. The molecule has 0 unspecified atom stereocenters. The molecule has 1 fully saturated rings. The maximum atomic E-state index is 14.3. The molecule has 2 aromatic heterocycles. The average Bonchev–Trinajstić information content (AvgIpc) is 3.15. The van der Waals surface area contributed by atoms with Crippen molar-refractivity contribution in [1.82, 2.24) is 14.8 Å². The average molecular weight is 453 g/mol. The van der Waals surface area contributed by atoms with E-state index in [2.05, 4.69) is 17.2 Å². The van der Waals surface area contributed by atoms with Crippen molar-refractivity contribution >= 4 is 22.5 Å². The number of hydrogen-bond acceptors (Lipinski definition) is 4. The first-order chi connectivity index (χ1) is 15.4. The highest BCUT2D eigenvalue weighted by molar-refractivity contribution is 6.04. The number of carbonyl (C=O) groups excluding carboxylic acids is 1. The van der Waals surface area contributed by atoms with Crippen LogP contribution in [0, 0.1) is 5.92 Å². The van der Waals surface area contributed by atoms with Crippen LogP contribution < -0.4 is 5.32 Å². The van der Waals surface area contributed by atoms with Crippen molar-refractivity contribution in [2.45, 2.75) is 77.6 Å². The van der Waals surface area contributed by atoms with E-state index in [0.29, 0.717) is 17.3 Å². The monoisotopic (exact) mass is 452 g/mol. The molecule has 0 atom stereocenters. The number of rotatable bonds is 5. The van der Waals surface area contributed by atoms with Gasteiger partial charge in [0.1, 0.15) is 11.4 Å². The fourth-order valence-corrected chi connectivity index (χ4v) is 4.47. The van der Waals surface area contributed by atoms with E-state index in [9.17, 15) is 14.3 Å². The van der Waals surface area contributed by atoms with E-state index in [4.69, 9.17) is 5.10 Å². The zero-order chi connectivity index (χ0) is 24.0. The second kappa shape index (κ2) is 8.52. The molecule has 2 N–H and O–H groups in total. The third kappa shape index (κ3) is 5.08. The maximum Gasteiger partial charge on any atom is 0.274 e. The van der Waals surface area contributed by atoms with Gasteiger partial charge in [-0.1, -0.05) is 13.0 Å². The highest BCUT2D eigenvalue weighted by Gasteiger charge is 2.26. The van der Waals surface area contributed by atoms with Gasteiger partial charge in [-0.25, -0.2) is 9.37 Å². The standard InChI is InChI=1S/C26H33FN4O2/c1-16-9-11-18(12-10-16)31-15-17-13-22(19(26(4,5)33)14-21(17)30-31)29-24(32)20-7-6-8-23(28-20)25(2,3)27/h6-8,13-16,18,33H,9-12H2,1-5H3,(H,29,32). The van der Waals surface area contributed by atoms with Gasteiger partial charge in [0.05, 0.1) is 22.9 Å². The van der Waals surface area contributed by atoms with Gasteiger partial charge in [-0.3, -0.25) is 9.48 Å². The molecule has 1 aliphatic carbocycles. The van der Waals surface area contributed by atoms with Crippen molar-refractivity contribution in [2.24, 2.45) is 5.92 Å². The van der Waals surface area contributed by atoms with Gasteiger partial charge in [-0.15, -0.1) is 0 Å². The second-order valence-corrected chi connectivity index (χ2v) is 10.4. The Balaban J connectivity index is 1.68.